The fourth-order valence-electron chi connectivity index (χ4n) is 3.18. The average Bonchev–Trinajstić information content (AvgIpc) is 2.41. The number of nitrogens with one attached hydrogen (secondary N) is 1. The van der Waals surface area contributed by atoms with Gasteiger partial charge in [0.25, 0.3) is 0 Å². The summed E-state index contributed by atoms with van der Waals surface area (Å²) in [5.74, 6) is -0.942. The molecular formula is C16H30N2O3. The van der Waals surface area contributed by atoms with Gasteiger partial charge in [0.15, 0.2) is 0 Å². The molecule has 122 valence electrons. The molecule has 0 aromatic carbocycles. The van der Waals surface area contributed by atoms with Crippen LogP contribution in [-0.2, 0) is 4.79 Å². The number of aliphatic carboxylic acids is 1. The summed E-state index contributed by atoms with van der Waals surface area (Å²) in [5, 5.41) is 12.4. The highest BCUT2D eigenvalue weighted by Crippen LogP contribution is 2.45. The van der Waals surface area contributed by atoms with E-state index in [1.54, 1.807) is 4.90 Å². The second kappa shape index (κ2) is 6.67. The molecule has 1 aliphatic carbocycles. The van der Waals surface area contributed by atoms with Crippen molar-refractivity contribution in [2.24, 2.45) is 17.3 Å². The average molecular weight is 298 g/mol. The van der Waals surface area contributed by atoms with Crippen molar-refractivity contribution in [3.05, 3.63) is 0 Å². The Bertz CT molecular complexity index is 395. The second-order valence-corrected chi connectivity index (χ2v) is 7.00. The highest BCUT2D eigenvalue weighted by Gasteiger charge is 2.46. The van der Waals surface area contributed by atoms with Crippen LogP contribution in [0, 0.1) is 17.3 Å². The van der Waals surface area contributed by atoms with Crippen LogP contribution in [0.25, 0.3) is 0 Å². The van der Waals surface area contributed by atoms with Crippen LogP contribution in [-0.4, -0.2) is 41.1 Å². The maximum absolute atomic E-state index is 12.3. The summed E-state index contributed by atoms with van der Waals surface area (Å²) in [6, 6.07) is 0.170. The highest BCUT2D eigenvalue weighted by molar-refractivity contribution is 5.75. The van der Waals surface area contributed by atoms with E-state index in [1.165, 1.54) is 0 Å². The van der Waals surface area contributed by atoms with Crippen molar-refractivity contribution in [1.29, 1.82) is 0 Å². The Morgan fingerprint density at radius 3 is 2.43 bits per heavy atom. The number of urea groups is 1. The first-order valence-corrected chi connectivity index (χ1v) is 7.89. The highest BCUT2D eigenvalue weighted by atomic mass is 16.4. The molecule has 5 nitrogen and oxygen atoms in total. The third-order valence-electron chi connectivity index (χ3n) is 5.62. The quantitative estimate of drug-likeness (QED) is 0.838. The molecule has 1 rings (SSSR count). The normalized spacial score (nSPS) is 29.5. The van der Waals surface area contributed by atoms with Crippen LogP contribution in [0.4, 0.5) is 4.79 Å². The van der Waals surface area contributed by atoms with Crippen LogP contribution >= 0.6 is 0 Å². The van der Waals surface area contributed by atoms with Crippen molar-refractivity contribution < 1.29 is 14.7 Å². The van der Waals surface area contributed by atoms with Gasteiger partial charge in [-0.1, -0.05) is 27.7 Å². The summed E-state index contributed by atoms with van der Waals surface area (Å²) in [6.45, 7) is 10.1. The van der Waals surface area contributed by atoms with Crippen LogP contribution in [0.5, 0.6) is 0 Å². The number of carbonyl (C=O) groups is 2. The Morgan fingerprint density at radius 2 is 1.95 bits per heavy atom. The van der Waals surface area contributed by atoms with Gasteiger partial charge in [-0.05, 0) is 37.5 Å². The standard InChI is InChI=1S/C16H30N2O3/c1-7-10(2)18(6)15(21)17-13-9-8-12(14(19)20)16(4,5)11(13)3/h10-13H,7-9H2,1-6H3,(H,17,21)(H,19,20). The lowest BCUT2D eigenvalue weighted by atomic mass is 9.61. The molecule has 0 radical (unpaired) electrons. The zero-order chi connectivity index (χ0) is 16.4. The van der Waals surface area contributed by atoms with Crippen LogP contribution < -0.4 is 5.32 Å². The monoisotopic (exact) mass is 298 g/mol. The molecule has 0 heterocycles. The lowest BCUT2D eigenvalue weighted by molar-refractivity contribution is -0.150. The molecule has 0 aromatic heterocycles. The zero-order valence-corrected chi connectivity index (χ0v) is 14.1. The van der Waals surface area contributed by atoms with Crippen LogP contribution in [0.15, 0.2) is 0 Å². The molecule has 1 saturated carbocycles. The third-order valence-corrected chi connectivity index (χ3v) is 5.62. The Kier molecular flexibility index (Phi) is 5.65. The molecule has 0 aliphatic heterocycles. The predicted molar refractivity (Wildman–Crippen MR) is 83.1 cm³/mol. The van der Waals surface area contributed by atoms with E-state index in [0.29, 0.717) is 6.42 Å². The van der Waals surface area contributed by atoms with Crippen LogP contribution in [0.2, 0.25) is 0 Å². The summed E-state index contributed by atoms with van der Waals surface area (Å²) in [4.78, 5) is 25.4. The van der Waals surface area contributed by atoms with E-state index in [1.807, 2.05) is 34.7 Å². The molecule has 4 unspecified atom stereocenters. The van der Waals surface area contributed by atoms with E-state index in [4.69, 9.17) is 0 Å². The number of rotatable bonds is 4. The Balaban J connectivity index is 2.74. The van der Waals surface area contributed by atoms with Gasteiger partial charge in [0.1, 0.15) is 0 Å². The number of hydrogen-bond donors (Lipinski definition) is 2. The number of carbonyl (C=O) groups excluding carboxylic acids is 1. The SMILES string of the molecule is CCC(C)N(C)C(=O)NC1CCC(C(=O)O)C(C)(C)C1C. The molecule has 2 amide bonds. The topological polar surface area (TPSA) is 69.6 Å². The van der Waals surface area contributed by atoms with Gasteiger partial charge in [0.2, 0.25) is 0 Å². The number of hydrogen-bond acceptors (Lipinski definition) is 2. The van der Waals surface area contributed by atoms with Gasteiger partial charge < -0.3 is 15.3 Å². The first-order chi connectivity index (χ1) is 9.62. The molecule has 0 bridgehead atoms. The van der Waals surface area contributed by atoms with E-state index in [2.05, 4.69) is 12.2 Å². The lowest BCUT2D eigenvalue weighted by Crippen LogP contribution is -2.55. The summed E-state index contributed by atoms with van der Waals surface area (Å²) in [6.07, 6.45) is 2.25. The molecule has 1 fully saturated rings. The van der Waals surface area contributed by atoms with Gasteiger partial charge in [-0.3, -0.25) is 4.79 Å². The van der Waals surface area contributed by atoms with Crippen molar-refractivity contribution in [3.8, 4) is 0 Å². The molecule has 2 N–H and O–H groups in total. The summed E-state index contributed by atoms with van der Waals surface area (Å²) in [5.41, 5.74) is -0.322. The third kappa shape index (κ3) is 3.69. The number of carboxylic acids is 1. The van der Waals surface area contributed by atoms with Gasteiger partial charge in [-0.25, -0.2) is 4.79 Å². The van der Waals surface area contributed by atoms with Gasteiger partial charge in [-0.15, -0.1) is 0 Å². The smallest absolute Gasteiger partial charge is 0.317 e. The minimum Gasteiger partial charge on any atom is -0.481 e. The van der Waals surface area contributed by atoms with E-state index in [9.17, 15) is 14.7 Å². The molecule has 0 saturated heterocycles. The van der Waals surface area contributed by atoms with Crippen molar-refractivity contribution in [3.63, 3.8) is 0 Å². The molecule has 0 aromatic rings. The van der Waals surface area contributed by atoms with Gasteiger partial charge >= 0.3 is 12.0 Å². The molecule has 0 spiro atoms. The van der Waals surface area contributed by atoms with Crippen molar-refractivity contribution in [2.75, 3.05) is 7.05 Å². The number of nitrogens with zero attached hydrogens (tertiary/aromatic N) is 1. The fourth-order valence-corrected chi connectivity index (χ4v) is 3.18. The summed E-state index contributed by atoms with van der Waals surface area (Å²) < 4.78 is 0. The first-order valence-electron chi connectivity index (χ1n) is 7.89. The second-order valence-electron chi connectivity index (χ2n) is 7.00. The van der Waals surface area contributed by atoms with Crippen molar-refractivity contribution >= 4 is 12.0 Å². The van der Waals surface area contributed by atoms with E-state index in [-0.39, 0.29) is 35.4 Å². The van der Waals surface area contributed by atoms with Crippen molar-refractivity contribution in [2.45, 2.75) is 66.0 Å². The zero-order valence-electron chi connectivity index (χ0n) is 14.1. The Labute approximate surface area is 128 Å². The molecule has 1 aliphatic rings. The maximum atomic E-state index is 12.3. The first kappa shape index (κ1) is 17.8. The minimum atomic E-state index is -0.728. The van der Waals surface area contributed by atoms with E-state index < -0.39 is 5.97 Å². The molecule has 21 heavy (non-hydrogen) atoms. The lowest BCUT2D eigenvalue weighted by Gasteiger charge is -2.46. The van der Waals surface area contributed by atoms with Gasteiger partial charge in [0, 0.05) is 19.1 Å². The van der Waals surface area contributed by atoms with Crippen LogP contribution in [0.1, 0.15) is 53.9 Å². The molecular weight excluding hydrogens is 268 g/mol. The maximum Gasteiger partial charge on any atom is 0.317 e. The predicted octanol–water partition coefficient (Wildman–Crippen LogP) is 2.95. The number of carboxylic acid groups (broad SMARTS) is 1. The Hall–Kier alpha value is -1.26. The number of amides is 2. The van der Waals surface area contributed by atoms with Gasteiger partial charge in [0.05, 0.1) is 5.92 Å². The van der Waals surface area contributed by atoms with E-state index >= 15 is 0 Å². The van der Waals surface area contributed by atoms with Gasteiger partial charge in [-0.2, -0.15) is 0 Å². The molecule has 5 heteroatoms. The fraction of sp³-hybridized carbons (Fsp3) is 0.875. The minimum absolute atomic E-state index is 0.0367. The van der Waals surface area contributed by atoms with Crippen LogP contribution in [0.3, 0.4) is 0 Å². The summed E-state index contributed by atoms with van der Waals surface area (Å²) >= 11 is 0. The van der Waals surface area contributed by atoms with E-state index in [0.717, 1.165) is 12.8 Å². The largest absolute Gasteiger partial charge is 0.481 e. The van der Waals surface area contributed by atoms with Crippen molar-refractivity contribution in [1.82, 2.24) is 10.2 Å². The molecule has 4 atom stereocenters. The summed E-state index contributed by atoms with van der Waals surface area (Å²) in [7, 11) is 1.81. The Morgan fingerprint density at radius 1 is 1.38 bits per heavy atom.